The third-order valence-electron chi connectivity index (χ3n) is 6.33. The van der Waals surface area contributed by atoms with Crippen LogP contribution in [0.1, 0.15) is 37.2 Å². The molecule has 0 spiro atoms. The number of nitrogens with one attached hydrogen (secondary N) is 1. The number of likely N-dealkylation sites (tertiary alicyclic amines) is 2. The van der Waals surface area contributed by atoms with E-state index in [1.54, 1.807) is 12.1 Å². The number of hydrogen-bond acceptors (Lipinski definition) is 3. The molecule has 4 rings (SSSR count). The number of piperidine rings is 1. The van der Waals surface area contributed by atoms with Crippen LogP contribution in [0.5, 0.6) is 0 Å². The molecule has 0 radical (unpaired) electrons. The minimum atomic E-state index is 0.144. The number of anilines is 1. The minimum absolute atomic E-state index is 0.144. The van der Waals surface area contributed by atoms with Crippen molar-refractivity contribution in [3.05, 3.63) is 64.1 Å². The summed E-state index contributed by atoms with van der Waals surface area (Å²) in [7, 11) is 0. The average molecular weight is 446 g/mol. The predicted octanol–water partition coefficient (Wildman–Crippen LogP) is 5.28. The van der Waals surface area contributed by atoms with Crippen molar-refractivity contribution in [3.8, 4) is 0 Å². The number of carbonyl (C=O) groups is 1. The summed E-state index contributed by atoms with van der Waals surface area (Å²) in [4.78, 5) is 17.9. The first-order valence-electron chi connectivity index (χ1n) is 10.9. The maximum atomic E-state index is 13.3. The molecule has 2 aromatic carbocycles. The molecule has 0 unspecified atom stereocenters. The summed E-state index contributed by atoms with van der Waals surface area (Å²) in [6.45, 7) is 4.32. The molecule has 30 heavy (non-hydrogen) atoms. The molecule has 2 aromatic rings. The van der Waals surface area contributed by atoms with Gasteiger partial charge in [-0.15, -0.1) is 0 Å². The van der Waals surface area contributed by atoms with Crippen molar-refractivity contribution < 1.29 is 4.79 Å². The van der Waals surface area contributed by atoms with Crippen molar-refractivity contribution in [2.45, 2.75) is 37.6 Å². The third kappa shape index (κ3) is 5.11. The molecule has 0 bridgehead atoms. The monoisotopic (exact) mass is 445 g/mol. The van der Waals surface area contributed by atoms with E-state index in [2.05, 4.69) is 45.4 Å². The van der Waals surface area contributed by atoms with Crippen LogP contribution in [0.3, 0.4) is 0 Å². The van der Waals surface area contributed by atoms with E-state index in [0.717, 1.165) is 44.7 Å². The van der Waals surface area contributed by atoms with Gasteiger partial charge in [-0.05, 0) is 62.5 Å². The summed E-state index contributed by atoms with van der Waals surface area (Å²) in [5.41, 5.74) is 2.15. The summed E-state index contributed by atoms with van der Waals surface area (Å²) >= 11 is 12.1. The van der Waals surface area contributed by atoms with E-state index >= 15 is 0 Å². The molecule has 2 heterocycles. The van der Waals surface area contributed by atoms with Crippen molar-refractivity contribution in [1.82, 2.24) is 9.80 Å². The van der Waals surface area contributed by atoms with E-state index < -0.39 is 0 Å². The number of nitrogens with zero attached hydrogens (tertiary/aromatic N) is 2. The quantitative estimate of drug-likeness (QED) is 0.656. The van der Waals surface area contributed by atoms with Gasteiger partial charge in [0.25, 0.3) is 0 Å². The number of benzene rings is 2. The van der Waals surface area contributed by atoms with Gasteiger partial charge in [-0.3, -0.25) is 4.79 Å². The fourth-order valence-electron chi connectivity index (χ4n) is 4.80. The Morgan fingerprint density at radius 1 is 0.967 bits per heavy atom. The predicted molar refractivity (Wildman–Crippen MR) is 125 cm³/mol. The Labute approximate surface area is 189 Å². The van der Waals surface area contributed by atoms with Crippen LogP contribution in [-0.2, 0) is 4.79 Å². The highest BCUT2D eigenvalue weighted by Crippen LogP contribution is 2.34. The van der Waals surface area contributed by atoms with Gasteiger partial charge in [-0.1, -0.05) is 53.5 Å². The van der Waals surface area contributed by atoms with Crippen LogP contribution in [0, 0.1) is 0 Å². The number of rotatable bonds is 6. The van der Waals surface area contributed by atoms with Gasteiger partial charge in [-0.2, -0.15) is 0 Å². The SMILES string of the molecule is O=C(CNc1ccc(Cl)c(Cl)c1)N1CCC[C@H](c2ccccc2)[C@@H]1CN1CCCC1. The normalized spacial score (nSPS) is 22.3. The van der Waals surface area contributed by atoms with Gasteiger partial charge in [0.15, 0.2) is 0 Å². The van der Waals surface area contributed by atoms with Gasteiger partial charge >= 0.3 is 0 Å². The molecule has 4 nitrogen and oxygen atoms in total. The lowest BCUT2D eigenvalue weighted by atomic mass is 9.83. The highest BCUT2D eigenvalue weighted by atomic mass is 35.5. The lowest BCUT2D eigenvalue weighted by molar-refractivity contribution is -0.134. The van der Waals surface area contributed by atoms with Crippen molar-refractivity contribution >= 4 is 34.8 Å². The molecule has 2 saturated heterocycles. The van der Waals surface area contributed by atoms with Crippen LogP contribution >= 0.6 is 23.2 Å². The fraction of sp³-hybridized carbons (Fsp3) is 0.458. The first kappa shape index (κ1) is 21.5. The molecule has 2 fully saturated rings. The number of carbonyl (C=O) groups excluding carboxylic acids is 1. The van der Waals surface area contributed by atoms with Crippen LogP contribution in [-0.4, -0.2) is 54.5 Å². The molecule has 1 N–H and O–H groups in total. The van der Waals surface area contributed by atoms with Crippen LogP contribution < -0.4 is 5.32 Å². The molecular weight excluding hydrogens is 417 g/mol. The smallest absolute Gasteiger partial charge is 0.242 e. The van der Waals surface area contributed by atoms with Crippen molar-refractivity contribution in [2.75, 3.05) is 38.0 Å². The Bertz CT molecular complexity index is 855. The number of amides is 1. The van der Waals surface area contributed by atoms with E-state index in [9.17, 15) is 4.79 Å². The second-order valence-electron chi connectivity index (χ2n) is 8.30. The lowest BCUT2D eigenvalue weighted by Gasteiger charge is -2.43. The van der Waals surface area contributed by atoms with E-state index in [0.29, 0.717) is 16.0 Å². The topological polar surface area (TPSA) is 35.6 Å². The molecule has 0 saturated carbocycles. The Kier molecular flexibility index (Phi) is 7.19. The zero-order chi connectivity index (χ0) is 20.9. The second-order valence-corrected chi connectivity index (χ2v) is 9.12. The third-order valence-corrected chi connectivity index (χ3v) is 7.07. The summed E-state index contributed by atoms with van der Waals surface area (Å²) < 4.78 is 0. The lowest BCUT2D eigenvalue weighted by Crippen LogP contribution is -2.53. The average Bonchev–Trinajstić information content (AvgIpc) is 3.28. The standard InChI is InChI=1S/C24H29Cl2N3O/c25-21-11-10-19(15-22(21)26)27-16-24(30)29-14-6-9-20(18-7-2-1-3-8-18)23(29)17-28-12-4-5-13-28/h1-3,7-8,10-11,15,20,23,27H,4-6,9,12-14,16-17H2/t20-,23+/m1/s1. The zero-order valence-electron chi connectivity index (χ0n) is 17.2. The van der Waals surface area contributed by atoms with Crippen LogP contribution in [0.4, 0.5) is 5.69 Å². The molecule has 2 atom stereocenters. The van der Waals surface area contributed by atoms with Crippen molar-refractivity contribution in [3.63, 3.8) is 0 Å². The highest BCUT2D eigenvalue weighted by molar-refractivity contribution is 6.42. The van der Waals surface area contributed by atoms with Crippen molar-refractivity contribution in [1.29, 1.82) is 0 Å². The molecule has 160 valence electrons. The molecule has 1 amide bonds. The Balaban J connectivity index is 1.49. The van der Waals surface area contributed by atoms with E-state index in [-0.39, 0.29) is 18.5 Å². The molecule has 0 aliphatic carbocycles. The first-order valence-corrected chi connectivity index (χ1v) is 11.6. The van der Waals surface area contributed by atoms with E-state index in [1.165, 1.54) is 18.4 Å². The molecule has 6 heteroatoms. The summed E-state index contributed by atoms with van der Waals surface area (Å²) in [5.74, 6) is 0.528. The Morgan fingerprint density at radius 2 is 1.73 bits per heavy atom. The summed E-state index contributed by atoms with van der Waals surface area (Å²) in [5, 5.41) is 4.23. The van der Waals surface area contributed by atoms with Gasteiger partial charge in [0.1, 0.15) is 0 Å². The van der Waals surface area contributed by atoms with Gasteiger partial charge < -0.3 is 15.1 Å². The van der Waals surface area contributed by atoms with Gasteiger partial charge in [0.2, 0.25) is 5.91 Å². The zero-order valence-corrected chi connectivity index (χ0v) is 18.7. The van der Waals surface area contributed by atoms with Gasteiger partial charge in [0, 0.05) is 24.7 Å². The first-order chi connectivity index (χ1) is 14.6. The van der Waals surface area contributed by atoms with Gasteiger partial charge in [0.05, 0.1) is 22.6 Å². The Morgan fingerprint density at radius 3 is 2.47 bits per heavy atom. The summed E-state index contributed by atoms with van der Waals surface area (Å²) in [6, 6.07) is 16.3. The maximum Gasteiger partial charge on any atom is 0.242 e. The minimum Gasteiger partial charge on any atom is -0.376 e. The van der Waals surface area contributed by atoms with Crippen molar-refractivity contribution in [2.24, 2.45) is 0 Å². The molecule has 2 aliphatic heterocycles. The Hall–Kier alpha value is -1.75. The van der Waals surface area contributed by atoms with E-state index in [4.69, 9.17) is 23.2 Å². The highest BCUT2D eigenvalue weighted by Gasteiger charge is 2.36. The number of hydrogen-bond donors (Lipinski definition) is 1. The molecule has 2 aliphatic rings. The fourth-order valence-corrected chi connectivity index (χ4v) is 5.09. The second kappa shape index (κ2) is 10.0. The van der Waals surface area contributed by atoms with Gasteiger partial charge in [-0.25, -0.2) is 0 Å². The van der Waals surface area contributed by atoms with Crippen LogP contribution in [0.2, 0.25) is 10.0 Å². The van der Waals surface area contributed by atoms with E-state index in [1.807, 2.05) is 6.07 Å². The van der Waals surface area contributed by atoms with Crippen LogP contribution in [0.25, 0.3) is 0 Å². The summed E-state index contributed by atoms with van der Waals surface area (Å²) in [6.07, 6.45) is 4.69. The van der Waals surface area contributed by atoms with Crippen LogP contribution in [0.15, 0.2) is 48.5 Å². The maximum absolute atomic E-state index is 13.3. The molecular formula is C24H29Cl2N3O. The largest absolute Gasteiger partial charge is 0.376 e. The number of halogens is 2. The molecule has 0 aromatic heterocycles.